The van der Waals surface area contributed by atoms with Crippen LogP contribution in [-0.2, 0) is 17.8 Å². The van der Waals surface area contributed by atoms with Crippen molar-refractivity contribution in [1.29, 1.82) is 0 Å². The number of aromatic nitrogens is 4. The lowest BCUT2D eigenvalue weighted by Gasteiger charge is -2.24. The Morgan fingerprint density at radius 3 is 2.38 bits per heavy atom. The Kier molecular flexibility index (Phi) is 6.26. The molecule has 7 nitrogen and oxygen atoms in total. The van der Waals surface area contributed by atoms with Crippen LogP contribution in [0.3, 0.4) is 0 Å². The van der Waals surface area contributed by atoms with E-state index in [1.165, 1.54) is 24.1 Å². The van der Waals surface area contributed by atoms with Crippen LogP contribution in [0, 0.1) is 27.7 Å². The van der Waals surface area contributed by atoms with E-state index in [1.54, 1.807) is 4.68 Å². The summed E-state index contributed by atoms with van der Waals surface area (Å²) >= 11 is 0. The molecule has 3 aromatic rings. The smallest absolute Gasteiger partial charge is 0.251 e. The molecular weight excluding hydrogens is 400 g/mol. The van der Waals surface area contributed by atoms with Gasteiger partial charge in [0.2, 0.25) is 5.91 Å². The number of carbonyl (C=O) groups excluding carboxylic acids is 1. The third-order valence-corrected chi connectivity index (χ3v) is 6.20. The summed E-state index contributed by atoms with van der Waals surface area (Å²) in [5, 5.41) is 4.64. The predicted molar refractivity (Wildman–Crippen MR) is 126 cm³/mol. The molecule has 4 rings (SSSR count). The molecule has 168 valence electrons. The van der Waals surface area contributed by atoms with Gasteiger partial charge in [-0.15, -0.1) is 0 Å². The lowest BCUT2D eigenvalue weighted by Crippen LogP contribution is -2.29. The summed E-state index contributed by atoms with van der Waals surface area (Å²) in [5.41, 5.74) is 6.92. The van der Waals surface area contributed by atoms with Crippen LogP contribution in [0.1, 0.15) is 46.7 Å². The first-order valence-corrected chi connectivity index (χ1v) is 11.3. The average Bonchev–Trinajstić information content (AvgIpc) is 3.37. The standard InChI is InChI=1S/C25H32N6O/c1-17-14-18(2)27-25(26-17)31-20(4)22(19(3)28-31)15-24(32)29(5)16-21-10-6-7-11-23(21)30-12-8-9-13-30/h6-7,10-11,14H,8-9,12-13,15-16H2,1-5H3. The zero-order chi connectivity index (χ0) is 22.8. The van der Waals surface area contributed by atoms with Crippen molar-refractivity contribution < 1.29 is 4.79 Å². The summed E-state index contributed by atoms with van der Waals surface area (Å²) in [6.07, 6.45) is 2.77. The highest BCUT2D eigenvalue weighted by Gasteiger charge is 2.21. The predicted octanol–water partition coefficient (Wildman–Crippen LogP) is 3.70. The van der Waals surface area contributed by atoms with Crippen molar-refractivity contribution in [3.8, 4) is 5.95 Å². The van der Waals surface area contributed by atoms with E-state index in [4.69, 9.17) is 0 Å². The Morgan fingerprint density at radius 2 is 1.69 bits per heavy atom. The molecule has 0 N–H and O–H groups in total. The molecule has 2 aromatic heterocycles. The number of aryl methyl sites for hydroxylation is 3. The van der Waals surface area contributed by atoms with Gasteiger partial charge < -0.3 is 9.80 Å². The quantitative estimate of drug-likeness (QED) is 0.594. The van der Waals surface area contributed by atoms with Crippen molar-refractivity contribution in [3.63, 3.8) is 0 Å². The average molecular weight is 433 g/mol. The van der Waals surface area contributed by atoms with Gasteiger partial charge in [-0.05, 0) is 58.2 Å². The molecule has 32 heavy (non-hydrogen) atoms. The number of nitrogens with zero attached hydrogens (tertiary/aromatic N) is 6. The van der Waals surface area contributed by atoms with E-state index < -0.39 is 0 Å². The Labute approximate surface area is 190 Å². The zero-order valence-corrected chi connectivity index (χ0v) is 19.7. The normalized spacial score (nSPS) is 13.6. The van der Waals surface area contributed by atoms with E-state index in [0.717, 1.165) is 41.4 Å². The molecule has 0 saturated carbocycles. The molecule has 0 unspecified atom stereocenters. The fraction of sp³-hybridized carbons (Fsp3) is 0.440. The van der Waals surface area contributed by atoms with Crippen LogP contribution in [0.15, 0.2) is 30.3 Å². The number of hydrogen-bond donors (Lipinski definition) is 0. The Balaban J connectivity index is 1.52. The molecule has 0 spiro atoms. The Morgan fingerprint density at radius 1 is 1.03 bits per heavy atom. The number of rotatable bonds is 6. The van der Waals surface area contributed by atoms with Crippen LogP contribution in [0.2, 0.25) is 0 Å². The molecule has 0 bridgehead atoms. The third kappa shape index (κ3) is 4.52. The highest BCUT2D eigenvalue weighted by atomic mass is 16.2. The molecular formula is C25H32N6O. The maximum atomic E-state index is 13.2. The molecule has 7 heteroatoms. The minimum atomic E-state index is 0.0771. The molecule has 1 aromatic carbocycles. The summed E-state index contributed by atoms with van der Waals surface area (Å²) in [4.78, 5) is 26.4. The maximum Gasteiger partial charge on any atom is 0.251 e. The second-order valence-corrected chi connectivity index (χ2v) is 8.76. The first-order chi connectivity index (χ1) is 15.3. The number of carbonyl (C=O) groups is 1. The summed E-state index contributed by atoms with van der Waals surface area (Å²) in [6.45, 7) is 10.6. The second kappa shape index (κ2) is 9.10. The van der Waals surface area contributed by atoms with Gasteiger partial charge in [0.05, 0.1) is 12.1 Å². The second-order valence-electron chi connectivity index (χ2n) is 8.76. The molecule has 1 amide bonds. The monoisotopic (exact) mass is 432 g/mol. The van der Waals surface area contributed by atoms with Crippen LogP contribution >= 0.6 is 0 Å². The van der Waals surface area contributed by atoms with E-state index in [0.29, 0.717) is 18.9 Å². The third-order valence-electron chi connectivity index (χ3n) is 6.20. The summed E-state index contributed by atoms with van der Waals surface area (Å²) in [6, 6.07) is 10.4. The topological polar surface area (TPSA) is 67.2 Å². The van der Waals surface area contributed by atoms with Crippen molar-refractivity contribution in [3.05, 3.63) is 64.2 Å². The molecule has 1 saturated heterocycles. The van der Waals surface area contributed by atoms with Crippen LogP contribution < -0.4 is 4.90 Å². The van der Waals surface area contributed by atoms with Crippen molar-refractivity contribution in [2.24, 2.45) is 0 Å². The number of hydrogen-bond acceptors (Lipinski definition) is 5. The van der Waals surface area contributed by atoms with Gasteiger partial charge in [0, 0.05) is 55.0 Å². The van der Waals surface area contributed by atoms with Gasteiger partial charge in [0.15, 0.2) is 0 Å². The van der Waals surface area contributed by atoms with E-state index in [-0.39, 0.29) is 5.91 Å². The van der Waals surface area contributed by atoms with Gasteiger partial charge >= 0.3 is 0 Å². The molecule has 1 aliphatic heterocycles. The fourth-order valence-electron chi connectivity index (χ4n) is 4.47. The zero-order valence-electron chi connectivity index (χ0n) is 19.7. The minimum absolute atomic E-state index is 0.0771. The van der Waals surface area contributed by atoms with Gasteiger partial charge in [0.1, 0.15) is 0 Å². The van der Waals surface area contributed by atoms with Gasteiger partial charge in [-0.3, -0.25) is 4.79 Å². The van der Waals surface area contributed by atoms with Gasteiger partial charge in [-0.1, -0.05) is 18.2 Å². The minimum Gasteiger partial charge on any atom is -0.371 e. The lowest BCUT2D eigenvalue weighted by molar-refractivity contribution is -0.129. The number of benzene rings is 1. The van der Waals surface area contributed by atoms with Gasteiger partial charge in [0.25, 0.3) is 5.95 Å². The number of para-hydroxylation sites is 1. The molecule has 1 fully saturated rings. The highest BCUT2D eigenvalue weighted by Crippen LogP contribution is 2.26. The number of anilines is 1. The molecule has 0 radical (unpaired) electrons. The van der Waals surface area contributed by atoms with Crippen LogP contribution in [-0.4, -0.2) is 50.7 Å². The Bertz CT molecular complexity index is 1110. The molecule has 1 aliphatic rings. The largest absolute Gasteiger partial charge is 0.371 e. The lowest BCUT2D eigenvalue weighted by atomic mass is 10.1. The molecule has 3 heterocycles. The van der Waals surface area contributed by atoms with E-state index >= 15 is 0 Å². The molecule has 0 atom stereocenters. The van der Waals surface area contributed by atoms with E-state index in [9.17, 15) is 4.79 Å². The van der Waals surface area contributed by atoms with Gasteiger partial charge in [-0.25, -0.2) is 14.6 Å². The van der Waals surface area contributed by atoms with E-state index in [1.807, 2.05) is 45.7 Å². The fourth-order valence-corrected chi connectivity index (χ4v) is 4.47. The van der Waals surface area contributed by atoms with Crippen LogP contribution in [0.5, 0.6) is 0 Å². The van der Waals surface area contributed by atoms with Crippen LogP contribution in [0.4, 0.5) is 5.69 Å². The number of likely N-dealkylation sites (N-methyl/N-ethyl adjacent to an activating group) is 1. The van der Waals surface area contributed by atoms with Crippen molar-refractivity contribution in [1.82, 2.24) is 24.6 Å². The summed E-state index contributed by atoms with van der Waals surface area (Å²) < 4.78 is 1.75. The van der Waals surface area contributed by atoms with Gasteiger partial charge in [-0.2, -0.15) is 5.10 Å². The Hall–Kier alpha value is -3.22. The molecule has 0 aliphatic carbocycles. The van der Waals surface area contributed by atoms with E-state index in [2.05, 4.69) is 44.2 Å². The van der Waals surface area contributed by atoms with Crippen molar-refractivity contribution in [2.75, 3.05) is 25.0 Å². The first kappa shape index (κ1) is 22.0. The van der Waals surface area contributed by atoms with Crippen molar-refractivity contribution in [2.45, 2.75) is 53.5 Å². The van der Waals surface area contributed by atoms with Crippen molar-refractivity contribution >= 4 is 11.6 Å². The maximum absolute atomic E-state index is 13.2. The van der Waals surface area contributed by atoms with Crippen LogP contribution in [0.25, 0.3) is 5.95 Å². The first-order valence-electron chi connectivity index (χ1n) is 11.3. The SMILES string of the molecule is Cc1cc(C)nc(-n2nc(C)c(CC(=O)N(C)Cc3ccccc3N3CCCC3)c2C)n1. The number of amides is 1. The highest BCUT2D eigenvalue weighted by molar-refractivity contribution is 5.79. The summed E-state index contributed by atoms with van der Waals surface area (Å²) in [7, 11) is 1.88. The summed E-state index contributed by atoms with van der Waals surface area (Å²) in [5.74, 6) is 0.628.